The number of hydrogen-bond donors (Lipinski definition) is 1. The van der Waals surface area contributed by atoms with Gasteiger partial charge < -0.3 is 5.32 Å². The summed E-state index contributed by atoms with van der Waals surface area (Å²) < 4.78 is 0. The van der Waals surface area contributed by atoms with Crippen LogP contribution in [0.15, 0.2) is 0 Å². The van der Waals surface area contributed by atoms with Gasteiger partial charge in [0.25, 0.3) is 0 Å². The first-order valence-electron chi connectivity index (χ1n) is 7.22. The van der Waals surface area contributed by atoms with Crippen LogP contribution in [0.1, 0.15) is 58.3 Å². The van der Waals surface area contributed by atoms with Crippen molar-refractivity contribution in [2.75, 3.05) is 24.6 Å². The van der Waals surface area contributed by atoms with Gasteiger partial charge >= 0.3 is 0 Å². The van der Waals surface area contributed by atoms with Gasteiger partial charge in [-0.15, -0.1) is 0 Å². The predicted molar refractivity (Wildman–Crippen MR) is 76.3 cm³/mol. The molecule has 0 amide bonds. The molecule has 1 nitrogen and oxygen atoms in total. The van der Waals surface area contributed by atoms with Crippen LogP contribution in [-0.2, 0) is 0 Å². The van der Waals surface area contributed by atoms with Crippen LogP contribution in [0.5, 0.6) is 0 Å². The summed E-state index contributed by atoms with van der Waals surface area (Å²) in [5.74, 6) is 3.77. The lowest BCUT2D eigenvalue weighted by molar-refractivity contribution is 0.385. The molecule has 0 bridgehead atoms. The molecule has 1 aliphatic rings. The summed E-state index contributed by atoms with van der Waals surface area (Å²) in [5, 5.41) is 3.33. The molecule has 1 N–H and O–H groups in total. The number of rotatable bonds is 11. The smallest absolute Gasteiger partial charge is 0.0000326 e. The fraction of sp³-hybridized carbons (Fsp3) is 1.00. The van der Waals surface area contributed by atoms with Crippen molar-refractivity contribution in [3.8, 4) is 0 Å². The summed E-state index contributed by atoms with van der Waals surface area (Å²) in [6.45, 7) is 4.82. The molecule has 1 saturated heterocycles. The first-order chi connectivity index (χ1) is 7.93. The third-order valence-corrected chi connectivity index (χ3v) is 4.65. The molecule has 16 heavy (non-hydrogen) atoms. The van der Waals surface area contributed by atoms with Crippen LogP contribution in [0.2, 0.25) is 0 Å². The molecule has 0 radical (unpaired) electrons. The van der Waals surface area contributed by atoms with Gasteiger partial charge in [-0.2, -0.15) is 11.8 Å². The maximum atomic E-state index is 3.33. The standard InChI is InChI=1S/C14H29NS/c1-2-3-4-5-6-7-8-9-10-16-13-14-11-15-12-14/h14-15H,2-13H2,1H3. The maximum Gasteiger partial charge on any atom is -0.0000326 e. The van der Waals surface area contributed by atoms with Crippen molar-refractivity contribution in [3.05, 3.63) is 0 Å². The van der Waals surface area contributed by atoms with Crippen LogP contribution in [0.4, 0.5) is 0 Å². The maximum absolute atomic E-state index is 3.33. The van der Waals surface area contributed by atoms with Crippen molar-refractivity contribution >= 4 is 11.8 Å². The Kier molecular flexibility index (Phi) is 9.40. The zero-order valence-electron chi connectivity index (χ0n) is 11.0. The summed E-state index contributed by atoms with van der Waals surface area (Å²) in [4.78, 5) is 0. The van der Waals surface area contributed by atoms with E-state index >= 15 is 0 Å². The third kappa shape index (κ3) is 7.56. The highest BCUT2D eigenvalue weighted by Crippen LogP contribution is 2.15. The highest BCUT2D eigenvalue weighted by molar-refractivity contribution is 7.99. The van der Waals surface area contributed by atoms with Gasteiger partial charge in [0.2, 0.25) is 0 Å². The highest BCUT2D eigenvalue weighted by Gasteiger charge is 2.15. The van der Waals surface area contributed by atoms with Crippen LogP contribution >= 0.6 is 11.8 Å². The zero-order valence-corrected chi connectivity index (χ0v) is 11.8. The van der Waals surface area contributed by atoms with Crippen molar-refractivity contribution in [1.29, 1.82) is 0 Å². The van der Waals surface area contributed by atoms with Gasteiger partial charge in [0, 0.05) is 0 Å². The summed E-state index contributed by atoms with van der Waals surface area (Å²) in [7, 11) is 0. The topological polar surface area (TPSA) is 12.0 Å². The Balaban J connectivity index is 1.65. The Morgan fingerprint density at radius 3 is 2.12 bits per heavy atom. The number of hydrogen-bond acceptors (Lipinski definition) is 2. The van der Waals surface area contributed by atoms with E-state index in [1.54, 1.807) is 0 Å². The molecule has 1 fully saturated rings. The van der Waals surface area contributed by atoms with E-state index in [0.29, 0.717) is 0 Å². The van der Waals surface area contributed by atoms with Crippen molar-refractivity contribution < 1.29 is 0 Å². The van der Waals surface area contributed by atoms with E-state index in [4.69, 9.17) is 0 Å². The van der Waals surface area contributed by atoms with E-state index in [1.807, 2.05) is 0 Å². The zero-order chi connectivity index (χ0) is 11.5. The molecule has 2 heteroatoms. The minimum absolute atomic E-state index is 0.985. The second-order valence-electron chi connectivity index (χ2n) is 5.07. The van der Waals surface area contributed by atoms with Crippen LogP contribution in [0.25, 0.3) is 0 Å². The lowest BCUT2D eigenvalue weighted by atomic mass is 10.1. The summed E-state index contributed by atoms with van der Waals surface area (Å²) in [6, 6.07) is 0. The van der Waals surface area contributed by atoms with E-state index in [2.05, 4.69) is 24.0 Å². The Morgan fingerprint density at radius 2 is 1.56 bits per heavy atom. The Hall–Kier alpha value is 0.310. The molecule has 0 aromatic rings. The molecule has 1 rings (SSSR count). The van der Waals surface area contributed by atoms with Crippen LogP contribution in [-0.4, -0.2) is 24.6 Å². The van der Waals surface area contributed by atoms with E-state index in [0.717, 1.165) is 5.92 Å². The average molecular weight is 243 g/mol. The molecule has 1 aliphatic heterocycles. The van der Waals surface area contributed by atoms with Gasteiger partial charge in [-0.1, -0.05) is 51.9 Å². The van der Waals surface area contributed by atoms with Gasteiger partial charge in [-0.05, 0) is 36.9 Å². The lowest BCUT2D eigenvalue weighted by Gasteiger charge is -2.26. The van der Waals surface area contributed by atoms with E-state index in [1.165, 1.54) is 76.0 Å². The quantitative estimate of drug-likeness (QED) is 0.549. The second kappa shape index (κ2) is 10.5. The molecule has 0 saturated carbocycles. The van der Waals surface area contributed by atoms with E-state index in [9.17, 15) is 0 Å². The predicted octanol–water partition coefficient (Wildman–Crippen LogP) is 4.08. The van der Waals surface area contributed by atoms with E-state index < -0.39 is 0 Å². The average Bonchev–Trinajstić information content (AvgIpc) is 2.23. The first kappa shape index (κ1) is 14.4. The minimum Gasteiger partial charge on any atom is -0.316 e. The first-order valence-corrected chi connectivity index (χ1v) is 8.37. The van der Waals surface area contributed by atoms with Crippen molar-refractivity contribution in [3.63, 3.8) is 0 Å². The summed E-state index contributed by atoms with van der Waals surface area (Å²) in [6.07, 6.45) is 11.6. The molecule has 96 valence electrons. The Morgan fingerprint density at radius 1 is 0.938 bits per heavy atom. The van der Waals surface area contributed by atoms with Crippen LogP contribution in [0.3, 0.4) is 0 Å². The second-order valence-corrected chi connectivity index (χ2v) is 6.22. The largest absolute Gasteiger partial charge is 0.316 e. The van der Waals surface area contributed by atoms with Gasteiger partial charge in [0.1, 0.15) is 0 Å². The molecule has 0 spiro atoms. The van der Waals surface area contributed by atoms with E-state index in [-0.39, 0.29) is 0 Å². The van der Waals surface area contributed by atoms with Crippen LogP contribution < -0.4 is 5.32 Å². The number of unbranched alkanes of at least 4 members (excludes halogenated alkanes) is 7. The molecular formula is C14H29NS. The normalized spacial score (nSPS) is 16.3. The highest BCUT2D eigenvalue weighted by atomic mass is 32.2. The molecule has 0 aromatic carbocycles. The third-order valence-electron chi connectivity index (χ3n) is 3.36. The molecule has 0 unspecified atom stereocenters. The molecule has 0 atom stereocenters. The number of nitrogens with one attached hydrogen (secondary N) is 1. The Bertz CT molecular complexity index is 146. The van der Waals surface area contributed by atoms with Gasteiger partial charge in [-0.25, -0.2) is 0 Å². The van der Waals surface area contributed by atoms with Gasteiger partial charge in [-0.3, -0.25) is 0 Å². The molecular weight excluding hydrogens is 214 g/mol. The van der Waals surface area contributed by atoms with Gasteiger partial charge in [0.15, 0.2) is 0 Å². The molecule has 1 heterocycles. The van der Waals surface area contributed by atoms with Crippen molar-refractivity contribution in [1.82, 2.24) is 5.32 Å². The molecule has 0 aromatic heterocycles. The van der Waals surface area contributed by atoms with Crippen molar-refractivity contribution in [2.45, 2.75) is 58.3 Å². The number of thioether (sulfide) groups is 1. The van der Waals surface area contributed by atoms with Crippen LogP contribution in [0, 0.1) is 5.92 Å². The van der Waals surface area contributed by atoms with Crippen molar-refractivity contribution in [2.24, 2.45) is 5.92 Å². The SMILES string of the molecule is CCCCCCCCCCSCC1CNC1. The fourth-order valence-electron chi connectivity index (χ4n) is 2.05. The molecule has 0 aliphatic carbocycles. The summed E-state index contributed by atoms with van der Waals surface area (Å²) in [5.41, 5.74) is 0. The lowest BCUT2D eigenvalue weighted by Crippen LogP contribution is -2.43. The summed E-state index contributed by atoms with van der Waals surface area (Å²) >= 11 is 2.17. The van der Waals surface area contributed by atoms with Gasteiger partial charge in [0.05, 0.1) is 0 Å². The monoisotopic (exact) mass is 243 g/mol. The fourth-order valence-corrected chi connectivity index (χ4v) is 3.20. The Labute approximate surface area is 106 Å². The minimum atomic E-state index is 0.985.